The van der Waals surface area contributed by atoms with Crippen LogP contribution >= 0.6 is 11.6 Å². The van der Waals surface area contributed by atoms with Crippen molar-refractivity contribution in [1.82, 2.24) is 5.32 Å². The molecule has 1 unspecified atom stereocenters. The lowest BCUT2D eigenvalue weighted by Gasteiger charge is -2.35. The van der Waals surface area contributed by atoms with Crippen LogP contribution < -0.4 is 10.2 Å². The van der Waals surface area contributed by atoms with Crippen LogP contribution in [0.3, 0.4) is 0 Å². The first-order chi connectivity index (χ1) is 9.93. The Hall–Kier alpha value is -0.940. The Morgan fingerprint density at radius 1 is 1.14 bits per heavy atom. The van der Waals surface area contributed by atoms with Crippen LogP contribution in [-0.4, -0.2) is 25.2 Å². The molecule has 1 aromatic carbocycles. The second kappa shape index (κ2) is 5.69. The lowest BCUT2D eigenvalue weighted by molar-refractivity contribution is -0.137. The van der Waals surface area contributed by atoms with E-state index in [-0.39, 0.29) is 0 Å². The van der Waals surface area contributed by atoms with Gasteiger partial charge >= 0.3 is 6.18 Å². The fraction of sp³-hybridized carbons (Fsp3) is 0.600. The number of halogens is 4. The Bertz CT molecular complexity index is 514. The fourth-order valence-corrected chi connectivity index (χ4v) is 3.08. The smallest absolute Gasteiger partial charge is 0.369 e. The number of hydrogen-bond donors (Lipinski definition) is 1. The van der Waals surface area contributed by atoms with E-state index in [4.69, 9.17) is 11.6 Å². The van der Waals surface area contributed by atoms with Crippen molar-refractivity contribution in [2.75, 3.05) is 18.0 Å². The molecule has 2 nitrogen and oxygen atoms in total. The van der Waals surface area contributed by atoms with Crippen LogP contribution in [0.1, 0.15) is 31.2 Å². The molecule has 0 aromatic heterocycles. The van der Waals surface area contributed by atoms with E-state index >= 15 is 0 Å². The van der Waals surface area contributed by atoms with E-state index in [1.807, 2.05) is 4.90 Å². The Kier molecular flexibility index (Phi) is 4.06. The van der Waals surface area contributed by atoms with Crippen molar-refractivity contribution in [3.63, 3.8) is 0 Å². The number of anilines is 1. The first-order valence-electron chi connectivity index (χ1n) is 7.31. The van der Waals surface area contributed by atoms with E-state index in [0.29, 0.717) is 22.8 Å². The molecule has 1 aromatic rings. The molecule has 1 N–H and O–H groups in total. The zero-order valence-corrected chi connectivity index (χ0v) is 12.3. The highest BCUT2D eigenvalue weighted by Gasteiger charge is 2.33. The average molecular weight is 319 g/mol. The third kappa shape index (κ3) is 3.64. The van der Waals surface area contributed by atoms with Crippen molar-refractivity contribution in [3.05, 3.63) is 28.8 Å². The number of hydrogen-bond acceptors (Lipinski definition) is 2. The largest absolute Gasteiger partial charge is 0.416 e. The van der Waals surface area contributed by atoms with Gasteiger partial charge in [-0.3, -0.25) is 0 Å². The molecule has 1 heterocycles. The van der Waals surface area contributed by atoms with Crippen LogP contribution in [0, 0.1) is 0 Å². The van der Waals surface area contributed by atoms with Gasteiger partial charge in [-0.1, -0.05) is 11.6 Å². The van der Waals surface area contributed by atoms with Gasteiger partial charge in [0.05, 0.1) is 16.3 Å². The Morgan fingerprint density at radius 2 is 1.90 bits per heavy atom. The number of nitrogens with zero attached hydrogens (tertiary/aromatic N) is 1. The highest BCUT2D eigenvalue weighted by atomic mass is 35.5. The van der Waals surface area contributed by atoms with Crippen LogP contribution in [0.2, 0.25) is 5.02 Å². The second-order valence-corrected chi connectivity index (χ2v) is 6.30. The number of nitrogens with one attached hydrogen (secondary N) is 1. The molecule has 0 bridgehead atoms. The van der Waals surface area contributed by atoms with Gasteiger partial charge in [-0.05, 0) is 43.9 Å². The van der Waals surface area contributed by atoms with Crippen LogP contribution in [0.15, 0.2) is 18.2 Å². The second-order valence-electron chi connectivity index (χ2n) is 5.89. The molecule has 1 saturated heterocycles. The number of benzene rings is 1. The van der Waals surface area contributed by atoms with Crippen molar-refractivity contribution < 1.29 is 13.2 Å². The van der Waals surface area contributed by atoms with E-state index in [1.54, 1.807) is 0 Å². The van der Waals surface area contributed by atoms with E-state index in [2.05, 4.69) is 5.32 Å². The fourth-order valence-electron chi connectivity index (χ4n) is 2.85. The summed E-state index contributed by atoms with van der Waals surface area (Å²) in [6, 6.07) is 4.50. The molecule has 21 heavy (non-hydrogen) atoms. The van der Waals surface area contributed by atoms with Crippen LogP contribution in [0.25, 0.3) is 0 Å². The Balaban J connectivity index is 1.78. The minimum atomic E-state index is -4.33. The summed E-state index contributed by atoms with van der Waals surface area (Å²) in [4.78, 5) is 1.97. The summed E-state index contributed by atoms with van der Waals surface area (Å²) in [5.41, 5.74) is -0.145. The van der Waals surface area contributed by atoms with E-state index in [1.165, 1.54) is 25.0 Å². The molecule has 2 fully saturated rings. The van der Waals surface area contributed by atoms with Crippen molar-refractivity contribution in [2.24, 2.45) is 0 Å². The van der Waals surface area contributed by atoms with Crippen LogP contribution in [0.5, 0.6) is 0 Å². The van der Waals surface area contributed by atoms with Gasteiger partial charge in [-0.15, -0.1) is 0 Å². The van der Waals surface area contributed by atoms with E-state index < -0.39 is 11.7 Å². The Morgan fingerprint density at radius 3 is 2.57 bits per heavy atom. The third-order valence-corrected chi connectivity index (χ3v) is 4.40. The Labute approximate surface area is 127 Å². The summed E-state index contributed by atoms with van der Waals surface area (Å²) < 4.78 is 38.5. The molecule has 1 aliphatic carbocycles. The summed E-state index contributed by atoms with van der Waals surface area (Å²) in [5, 5.41) is 3.93. The molecule has 3 rings (SSSR count). The summed E-state index contributed by atoms with van der Waals surface area (Å²) in [5.74, 6) is 0. The van der Waals surface area contributed by atoms with Crippen molar-refractivity contribution >= 4 is 17.3 Å². The molecule has 1 saturated carbocycles. The SMILES string of the molecule is FC(F)(F)c1ccc(Cl)c(N2CCCC(NC3CC3)C2)c1. The molecule has 116 valence electrons. The van der Waals surface area contributed by atoms with Crippen LogP contribution in [0.4, 0.5) is 18.9 Å². The maximum Gasteiger partial charge on any atom is 0.416 e. The van der Waals surface area contributed by atoms with Gasteiger partial charge in [0.15, 0.2) is 0 Å². The first-order valence-corrected chi connectivity index (χ1v) is 7.69. The van der Waals surface area contributed by atoms with Gasteiger partial charge < -0.3 is 10.2 Å². The predicted octanol–water partition coefficient (Wildman–Crippen LogP) is 4.08. The predicted molar refractivity (Wildman–Crippen MR) is 77.8 cm³/mol. The minimum absolute atomic E-state index is 0.344. The van der Waals surface area contributed by atoms with Crippen molar-refractivity contribution in [3.8, 4) is 0 Å². The van der Waals surface area contributed by atoms with Gasteiger partial charge in [0.25, 0.3) is 0 Å². The summed E-state index contributed by atoms with van der Waals surface area (Å²) in [6.07, 6.45) is 0.128. The normalized spacial score (nSPS) is 23.4. The van der Waals surface area contributed by atoms with E-state index in [9.17, 15) is 13.2 Å². The standard InChI is InChI=1S/C15H18ClF3N2/c16-13-6-3-10(15(17,18)19)8-14(13)21-7-1-2-12(9-21)20-11-4-5-11/h3,6,8,11-12,20H,1-2,4-5,7,9H2. The quantitative estimate of drug-likeness (QED) is 0.903. The van der Waals surface area contributed by atoms with Gasteiger partial charge in [0.1, 0.15) is 0 Å². The van der Waals surface area contributed by atoms with Crippen LogP contribution in [-0.2, 0) is 6.18 Å². The lowest BCUT2D eigenvalue weighted by atomic mass is 10.0. The van der Waals surface area contributed by atoms with Gasteiger partial charge in [0, 0.05) is 25.2 Å². The highest BCUT2D eigenvalue weighted by Crippen LogP contribution is 2.36. The van der Waals surface area contributed by atoms with E-state index in [0.717, 1.165) is 32.0 Å². The topological polar surface area (TPSA) is 15.3 Å². The minimum Gasteiger partial charge on any atom is -0.369 e. The first kappa shape index (κ1) is 15.0. The van der Waals surface area contributed by atoms with Gasteiger partial charge in [-0.25, -0.2) is 0 Å². The van der Waals surface area contributed by atoms with Gasteiger partial charge in [-0.2, -0.15) is 13.2 Å². The molecule has 1 atom stereocenters. The molecule has 6 heteroatoms. The molecule has 2 aliphatic rings. The molecule has 0 spiro atoms. The molecule has 1 aliphatic heterocycles. The summed E-state index contributed by atoms with van der Waals surface area (Å²) >= 11 is 6.12. The number of alkyl halides is 3. The summed E-state index contributed by atoms with van der Waals surface area (Å²) in [7, 11) is 0. The zero-order chi connectivity index (χ0) is 15.0. The highest BCUT2D eigenvalue weighted by molar-refractivity contribution is 6.33. The van der Waals surface area contributed by atoms with Gasteiger partial charge in [0.2, 0.25) is 0 Å². The lowest BCUT2D eigenvalue weighted by Crippen LogP contribution is -2.46. The monoisotopic (exact) mass is 318 g/mol. The third-order valence-electron chi connectivity index (χ3n) is 4.08. The maximum absolute atomic E-state index is 12.8. The number of piperidine rings is 1. The van der Waals surface area contributed by atoms with Crippen molar-refractivity contribution in [2.45, 2.75) is 43.9 Å². The molecular formula is C15H18ClF3N2. The summed E-state index contributed by atoms with van der Waals surface area (Å²) in [6.45, 7) is 1.47. The number of rotatable bonds is 3. The average Bonchev–Trinajstić information content (AvgIpc) is 3.22. The molecular weight excluding hydrogens is 301 g/mol. The molecule has 0 radical (unpaired) electrons. The maximum atomic E-state index is 12.8. The zero-order valence-electron chi connectivity index (χ0n) is 11.6. The van der Waals surface area contributed by atoms with Crippen molar-refractivity contribution in [1.29, 1.82) is 0 Å². The molecule has 0 amide bonds.